The maximum absolute atomic E-state index is 12.7. The molecule has 5 heteroatoms. The molecule has 2 heterocycles. The maximum atomic E-state index is 12.7. The first-order valence-corrected chi connectivity index (χ1v) is 6.43. The van der Waals surface area contributed by atoms with E-state index >= 15 is 0 Å². The molecule has 102 valence electrons. The molecule has 0 radical (unpaired) electrons. The van der Waals surface area contributed by atoms with Gasteiger partial charge in [0.25, 0.3) is 5.91 Å². The number of hydrogen-bond donors (Lipinski definition) is 1. The van der Waals surface area contributed by atoms with Gasteiger partial charge in [-0.15, -0.1) is 0 Å². The van der Waals surface area contributed by atoms with Crippen LogP contribution >= 0.6 is 0 Å². The number of hydrogen-bond acceptors (Lipinski definition) is 4. The summed E-state index contributed by atoms with van der Waals surface area (Å²) in [4.78, 5) is 20.4. The third-order valence-corrected chi connectivity index (χ3v) is 3.49. The minimum absolute atomic E-state index is 0.0944. The molecule has 3 rings (SSSR count). The van der Waals surface area contributed by atoms with Crippen molar-refractivity contribution >= 4 is 17.3 Å². The van der Waals surface area contributed by atoms with E-state index in [1.165, 1.54) is 0 Å². The summed E-state index contributed by atoms with van der Waals surface area (Å²) in [5, 5.41) is 9.59. The lowest BCUT2D eigenvalue weighted by Gasteiger charge is -2.21. The highest BCUT2D eigenvalue weighted by Gasteiger charge is 2.26. The van der Waals surface area contributed by atoms with Gasteiger partial charge in [-0.25, -0.2) is 0 Å². The number of aromatic nitrogens is 1. The highest BCUT2D eigenvalue weighted by Crippen LogP contribution is 2.27. The van der Waals surface area contributed by atoms with Crippen LogP contribution in [0.1, 0.15) is 10.4 Å². The van der Waals surface area contributed by atoms with E-state index in [2.05, 4.69) is 4.98 Å². The van der Waals surface area contributed by atoms with Crippen LogP contribution in [0.3, 0.4) is 0 Å². The number of amides is 1. The number of nitrogens with zero attached hydrogens (tertiary/aromatic N) is 3. The van der Waals surface area contributed by atoms with Gasteiger partial charge in [-0.3, -0.25) is 9.78 Å². The Morgan fingerprint density at radius 2 is 2.10 bits per heavy atom. The Morgan fingerprint density at radius 3 is 2.90 bits per heavy atom. The second-order valence-electron chi connectivity index (χ2n) is 4.79. The molecule has 5 nitrogen and oxygen atoms in total. The van der Waals surface area contributed by atoms with Crippen molar-refractivity contribution in [1.82, 2.24) is 4.98 Å². The van der Waals surface area contributed by atoms with E-state index in [1.54, 1.807) is 35.5 Å². The largest absolute Gasteiger partial charge is 0.508 e. The van der Waals surface area contributed by atoms with Crippen molar-refractivity contribution < 1.29 is 9.90 Å². The molecule has 1 aromatic carbocycles. The lowest BCUT2D eigenvalue weighted by molar-refractivity contribution is 0.0990. The Morgan fingerprint density at radius 1 is 1.25 bits per heavy atom. The fourth-order valence-corrected chi connectivity index (χ4v) is 2.41. The lowest BCUT2D eigenvalue weighted by Crippen LogP contribution is -2.33. The van der Waals surface area contributed by atoms with E-state index < -0.39 is 0 Å². The third-order valence-electron chi connectivity index (χ3n) is 3.49. The average Bonchev–Trinajstić information content (AvgIpc) is 2.58. The van der Waals surface area contributed by atoms with Crippen LogP contribution in [0.15, 0.2) is 42.7 Å². The van der Waals surface area contributed by atoms with Gasteiger partial charge in [-0.1, -0.05) is 6.07 Å². The van der Waals surface area contributed by atoms with Gasteiger partial charge in [0, 0.05) is 44.3 Å². The highest BCUT2D eigenvalue weighted by molar-refractivity contribution is 6.10. The van der Waals surface area contributed by atoms with Crippen molar-refractivity contribution in [2.75, 3.05) is 29.9 Å². The molecule has 0 unspecified atom stereocenters. The SMILES string of the molecule is CN1CCN(c2cccc(O)c2)C(=O)c2cnccc21. The van der Waals surface area contributed by atoms with Gasteiger partial charge in [0.15, 0.2) is 0 Å². The zero-order valence-electron chi connectivity index (χ0n) is 11.2. The Kier molecular flexibility index (Phi) is 3.02. The van der Waals surface area contributed by atoms with Crippen LogP contribution in [0.25, 0.3) is 0 Å². The summed E-state index contributed by atoms with van der Waals surface area (Å²) < 4.78 is 0. The molecule has 0 saturated carbocycles. The van der Waals surface area contributed by atoms with Gasteiger partial charge in [-0.05, 0) is 18.2 Å². The topological polar surface area (TPSA) is 56.7 Å². The molecule has 0 atom stereocenters. The van der Waals surface area contributed by atoms with Crippen LogP contribution in [0.4, 0.5) is 11.4 Å². The smallest absolute Gasteiger partial charge is 0.262 e. The molecule has 0 bridgehead atoms. The molecule has 1 aromatic heterocycles. The number of aromatic hydroxyl groups is 1. The molecule has 1 aliphatic heterocycles. The van der Waals surface area contributed by atoms with Gasteiger partial charge in [-0.2, -0.15) is 0 Å². The fraction of sp³-hybridized carbons (Fsp3) is 0.200. The molecule has 0 saturated heterocycles. The highest BCUT2D eigenvalue weighted by atomic mass is 16.3. The Balaban J connectivity index is 2.06. The van der Waals surface area contributed by atoms with Crippen LogP contribution < -0.4 is 9.80 Å². The van der Waals surface area contributed by atoms with Crippen molar-refractivity contribution in [1.29, 1.82) is 0 Å². The summed E-state index contributed by atoms with van der Waals surface area (Å²) in [6.45, 7) is 1.28. The number of fused-ring (bicyclic) bond motifs is 1. The molecular formula is C15H15N3O2. The van der Waals surface area contributed by atoms with Crippen molar-refractivity contribution in [2.45, 2.75) is 0 Å². The van der Waals surface area contributed by atoms with E-state index in [9.17, 15) is 9.90 Å². The summed E-state index contributed by atoms with van der Waals surface area (Å²) in [6.07, 6.45) is 3.28. The molecule has 1 N–H and O–H groups in total. The molecule has 1 amide bonds. The van der Waals surface area contributed by atoms with Gasteiger partial charge in [0.2, 0.25) is 0 Å². The molecular weight excluding hydrogens is 254 g/mol. The van der Waals surface area contributed by atoms with Gasteiger partial charge < -0.3 is 14.9 Å². The van der Waals surface area contributed by atoms with Crippen LogP contribution in [0, 0.1) is 0 Å². The van der Waals surface area contributed by atoms with Crippen LogP contribution in [-0.2, 0) is 0 Å². The van der Waals surface area contributed by atoms with Crippen molar-refractivity contribution in [3.8, 4) is 5.75 Å². The first-order valence-electron chi connectivity index (χ1n) is 6.43. The second kappa shape index (κ2) is 4.85. The van der Waals surface area contributed by atoms with Crippen molar-refractivity contribution in [3.05, 3.63) is 48.3 Å². The second-order valence-corrected chi connectivity index (χ2v) is 4.79. The number of rotatable bonds is 1. The summed E-state index contributed by atoms with van der Waals surface area (Å²) in [5.74, 6) is 0.0577. The Bertz CT molecular complexity index is 657. The zero-order valence-corrected chi connectivity index (χ0v) is 11.2. The Labute approximate surface area is 117 Å². The lowest BCUT2D eigenvalue weighted by atomic mass is 10.2. The predicted octanol–water partition coefficient (Wildman–Crippen LogP) is 1.88. The number of phenols is 1. The quantitative estimate of drug-likeness (QED) is 0.859. The number of pyridine rings is 1. The first kappa shape index (κ1) is 12.5. The van der Waals surface area contributed by atoms with Gasteiger partial charge in [0.1, 0.15) is 5.75 Å². The summed E-state index contributed by atoms with van der Waals surface area (Å²) >= 11 is 0. The van der Waals surface area contributed by atoms with Crippen molar-refractivity contribution in [2.24, 2.45) is 0 Å². The van der Waals surface area contributed by atoms with E-state index in [0.717, 1.165) is 12.2 Å². The first-order chi connectivity index (χ1) is 9.66. The van der Waals surface area contributed by atoms with E-state index in [1.807, 2.05) is 24.1 Å². The number of anilines is 2. The number of likely N-dealkylation sites (N-methyl/N-ethyl adjacent to an activating group) is 1. The minimum atomic E-state index is -0.0944. The van der Waals surface area contributed by atoms with E-state index in [4.69, 9.17) is 0 Å². The molecule has 0 aliphatic carbocycles. The van der Waals surface area contributed by atoms with Gasteiger partial charge >= 0.3 is 0 Å². The monoisotopic (exact) mass is 269 g/mol. The molecule has 2 aromatic rings. The number of carbonyl (C=O) groups excluding carboxylic acids is 1. The van der Waals surface area contributed by atoms with Crippen LogP contribution in [0.2, 0.25) is 0 Å². The summed E-state index contributed by atoms with van der Waals surface area (Å²) in [6, 6.07) is 8.58. The number of phenolic OH excluding ortho intramolecular Hbond substituents is 1. The maximum Gasteiger partial charge on any atom is 0.262 e. The molecule has 0 fully saturated rings. The normalized spacial score (nSPS) is 14.9. The average molecular weight is 269 g/mol. The summed E-state index contributed by atoms with van der Waals surface area (Å²) in [5.41, 5.74) is 2.16. The molecule has 0 spiro atoms. The van der Waals surface area contributed by atoms with Crippen molar-refractivity contribution in [3.63, 3.8) is 0 Å². The summed E-state index contributed by atoms with van der Waals surface area (Å²) in [7, 11) is 1.96. The van der Waals surface area contributed by atoms with Crippen LogP contribution in [0.5, 0.6) is 5.75 Å². The fourth-order valence-electron chi connectivity index (χ4n) is 2.41. The molecule has 20 heavy (non-hydrogen) atoms. The standard InChI is InChI=1S/C15H15N3O2/c1-17-7-8-18(11-3-2-4-12(19)9-11)15(20)13-10-16-6-5-14(13)17/h2-6,9-10,19H,7-8H2,1H3. The third kappa shape index (κ3) is 2.07. The minimum Gasteiger partial charge on any atom is -0.508 e. The number of benzene rings is 1. The van der Waals surface area contributed by atoms with Crippen LogP contribution in [-0.4, -0.2) is 36.1 Å². The Hall–Kier alpha value is -2.56. The van der Waals surface area contributed by atoms with Gasteiger partial charge in [0.05, 0.1) is 11.3 Å². The van der Waals surface area contributed by atoms with E-state index in [-0.39, 0.29) is 11.7 Å². The molecule has 1 aliphatic rings. The number of carbonyl (C=O) groups is 1. The zero-order chi connectivity index (χ0) is 14.1. The predicted molar refractivity (Wildman–Crippen MR) is 77.3 cm³/mol. The van der Waals surface area contributed by atoms with E-state index in [0.29, 0.717) is 17.8 Å².